The molecule has 0 spiro atoms. The first-order valence-electron chi connectivity index (χ1n) is 6.52. The summed E-state index contributed by atoms with van der Waals surface area (Å²) in [5.74, 6) is 0.0575. The van der Waals surface area contributed by atoms with Crippen LogP contribution >= 0.6 is 0 Å². The van der Waals surface area contributed by atoms with Crippen LogP contribution in [-0.4, -0.2) is 33.7 Å². The summed E-state index contributed by atoms with van der Waals surface area (Å²) in [7, 11) is -3.27. The van der Waals surface area contributed by atoms with Crippen LogP contribution in [0.15, 0.2) is 23.1 Å². The zero-order valence-corrected chi connectivity index (χ0v) is 12.2. The average Bonchev–Trinajstić information content (AvgIpc) is 2.40. The van der Waals surface area contributed by atoms with Gasteiger partial charge in [-0.15, -0.1) is 0 Å². The van der Waals surface area contributed by atoms with Crippen molar-refractivity contribution in [3.05, 3.63) is 29.3 Å². The van der Waals surface area contributed by atoms with E-state index in [4.69, 9.17) is 9.47 Å². The number of hydrogen-bond donors (Lipinski definition) is 0. The normalized spacial score (nSPS) is 17.6. The molecule has 0 atom stereocenters. The smallest absolute Gasteiger partial charge is 0.178 e. The van der Waals surface area contributed by atoms with E-state index in [0.717, 1.165) is 17.5 Å². The zero-order chi connectivity index (χ0) is 13.9. The molecule has 0 aliphatic carbocycles. The highest BCUT2D eigenvalue weighted by Crippen LogP contribution is 2.20. The van der Waals surface area contributed by atoms with Crippen LogP contribution in [0.1, 0.15) is 24.0 Å². The molecular formula is C14H20O4S. The number of aryl methyl sites for hydroxylation is 2. The summed E-state index contributed by atoms with van der Waals surface area (Å²) < 4.78 is 35.4. The molecule has 5 heteroatoms. The second kappa shape index (κ2) is 6.03. The molecule has 1 saturated heterocycles. The fourth-order valence-electron chi connectivity index (χ4n) is 2.11. The van der Waals surface area contributed by atoms with Gasteiger partial charge in [0, 0.05) is 6.42 Å². The summed E-state index contributed by atoms with van der Waals surface area (Å²) in [6.07, 6.45) is 0.879. The Bertz CT molecular complexity index is 530. The maximum atomic E-state index is 12.3. The number of ether oxygens (including phenoxy) is 2. The number of hydrogen-bond acceptors (Lipinski definition) is 4. The molecule has 1 heterocycles. The highest BCUT2D eigenvalue weighted by Gasteiger charge is 2.21. The summed E-state index contributed by atoms with van der Waals surface area (Å²) in [6.45, 7) is 5.01. The Morgan fingerprint density at radius 1 is 1.21 bits per heavy atom. The van der Waals surface area contributed by atoms with Crippen LogP contribution in [0.5, 0.6) is 0 Å². The summed E-state index contributed by atoms with van der Waals surface area (Å²) >= 11 is 0. The van der Waals surface area contributed by atoms with E-state index in [0.29, 0.717) is 24.5 Å². The van der Waals surface area contributed by atoms with Crippen LogP contribution in [0.25, 0.3) is 0 Å². The van der Waals surface area contributed by atoms with Crippen molar-refractivity contribution in [2.75, 3.05) is 19.0 Å². The Labute approximate surface area is 114 Å². The van der Waals surface area contributed by atoms with E-state index in [2.05, 4.69) is 0 Å². The lowest BCUT2D eigenvalue weighted by Crippen LogP contribution is -2.27. The van der Waals surface area contributed by atoms with E-state index < -0.39 is 9.84 Å². The van der Waals surface area contributed by atoms with Gasteiger partial charge in [0.25, 0.3) is 0 Å². The van der Waals surface area contributed by atoms with Crippen molar-refractivity contribution in [1.29, 1.82) is 0 Å². The molecule has 1 aromatic carbocycles. The average molecular weight is 284 g/mol. The van der Waals surface area contributed by atoms with Gasteiger partial charge in [0.2, 0.25) is 0 Å². The van der Waals surface area contributed by atoms with E-state index >= 15 is 0 Å². The van der Waals surface area contributed by atoms with Gasteiger partial charge in [-0.2, -0.15) is 0 Å². The minimum absolute atomic E-state index is 0.0575. The van der Waals surface area contributed by atoms with E-state index in [9.17, 15) is 8.42 Å². The third-order valence-electron chi connectivity index (χ3n) is 3.20. The van der Waals surface area contributed by atoms with E-state index in [1.54, 1.807) is 6.07 Å². The molecule has 1 aromatic rings. The quantitative estimate of drug-likeness (QED) is 0.851. The van der Waals surface area contributed by atoms with Crippen molar-refractivity contribution in [3.8, 4) is 0 Å². The van der Waals surface area contributed by atoms with Crippen molar-refractivity contribution in [3.63, 3.8) is 0 Å². The molecule has 106 valence electrons. The maximum Gasteiger partial charge on any atom is 0.178 e. The van der Waals surface area contributed by atoms with Crippen LogP contribution in [0.4, 0.5) is 0 Å². The summed E-state index contributed by atoms with van der Waals surface area (Å²) in [5, 5.41) is 0. The predicted molar refractivity (Wildman–Crippen MR) is 72.9 cm³/mol. The van der Waals surface area contributed by atoms with Crippen molar-refractivity contribution >= 4 is 9.84 Å². The van der Waals surface area contributed by atoms with Crippen molar-refractivity contribution in [2.45, 2.75) is 37.9 Å². The van der Waals surface area contributed by atoms with Gasteiger partial charge >= 0.3 is 0 Å². The Hall–Kier alpha value is -0.910. The van der Waals surface area contributed by atoms with Gasteiger partial charge in [-0.1, -0.05) is 12.1 Å². The summed E-state index contributed by atoms with van der Waals surface area (Å²) in [4.78, 5) is 0.420. The van der Waals surface area contributed by atoms with E-state index in [1.807, 2.05) is 26.0 Å². The van der Waals surface area contributed by atoms with E-state index in [-0.39, 0.29) is 12.0 Å². The second-order valence-corrected chi connectivity index (χ2v) is 6.98. The van der Waals surface area contributed by atoms with Gasteiger partial charge in [-0.25, -0.2) is 8.42 Å². The molecule has 0 saturated carbocycles. The van der Waals surface area contributed by atoms with Crippen molar-refractivity contribution < 1.29 is 17.9 Å². The largest absolute Gasteiger partial charge is 0.353 e. The molecule has 1 aliphatic rings. The Morgan fingerprint density at radius 3 is 2.58 bits per heavy atom. The lowest BCUT2D eigenvalue weighted by atomic mass is 10.2. The monoisotopic (exact) mass is 284 g/mol. The van der Waals surface area contributed by atoms with Crippen LogP contribution < -0.4 is 0 Å². The summed E-state index contributed by atoms with van der Waals surface area (Å²) in [5.41, 5.74) is 1.74. The highest BCUT2D eigenvalue weighted by atomic mass is 32.2. The Balaban J connectivity index is 2.07. The van der Waals surface area contributed by atoms with Crippen LogP contribution in [0, 0.1) is 13.8 Å². The van der Waals surface area contributed by atoms with E-state index in [1.165, 1.54) is 0 Å². The number of sulfone groups is 1. The lowest BCUT2D eigenvalue weighted by molar-refractivity contribution is -0.178. The first-order chi connectivity index (χ1) is 8.99. The fraction of sp³-hybridized carbons (Fsp3) is 0.571. The molecule has 0 N–H and O–H groups in total. The highest BCUT2D eigenvalue weighted by molar-refractivity contribution is 7.91. The van der Waals surface area contributed by atoms with Crippen LogP contribution in [-0.2, 0) is 19.3 Å². The standard InChI is InChI=1S/C14H20O4S/c1-11-4-5-12(2)13(10-11)19(15,16)9-6-14-17-7-3-8-18-14/h4-5,10,14H,3,6-9H2,1-2H3. The minimum atomic E-state index is -3.27. The molecule has 4 nitrogen and oxygen atoms in total. The molecule has 1 aliphatic heterocycles. The maximum absolute atomic E-state index is 12.3. The lowest BCUT2D eigenvalue weighted by Gasteiger charge is -2.23. The van der Waals surface area contributed by atoms with Crippen molar-refractivity contribution in [1.82, 2.24) is 0 Å². The Morgan fingerprint density at radius 2 is 1.89 bits per heavy atom. The molecule has 0 amide bonds. The molecular weight excluding hydrogens is 264 g/mol. The van der Waals surface area contributed by atoms with Gasteiger partial charge in [0.1, 0.15) is 0 Å². The van der Waals surface area contributed by atoms with Gasteiger partial charge in [0.15, 0.2) is 16.1 Å². The third kappa shape index (κ3) is 3.78. The molecule has 0 radical (unpaired) electrons. The molecule has 0 aromatic heterocycles. The third-order valence-corrected chi connectivity index (χ3v) is 5.08. The van der Waals surface area contributed by atoms with Gasteiger partial charge < -0.3 is 9.47 Å². The fourth-order valence-corrected chi connectivity index (χ4v) is 3.75. The molecule has 2 rings (SSSR count). The summed E-state index contributed by atoms with van der Waals surface area (Å²) in [6, 6.07) is 5.49. The topological polar surface area (TPSA) is 52.6 Å². The molecule has 0 bridgehead atoms. The zero-order valence-electron chi connectivity index (χ0n) is 11.4. The van der Waals surface area contributed by atoms with Crippen molar-refractivity contribution in [2.24, 2.45) is 0 Å². The van der Waals surface area contributed by atoms with Crippen LogP contribution in [0.3, 0.4) is 0 Å². The van der Waals surface area contributed by atoms with Gasteiger partial charge in [-0.05, 0) is 37.5 Å². The van der Waals surface area contributed by atoms with Gasteiger partial charge in [-0.3, -0.25) is 0 Å². The minimum Gasteiger partial charge on any atom is -0.353 e. The Kier molecular flexibility index (Phi) is 4.60. The predicted octanol–water partition coefficient (Wildman–Crippen LogP) is 2.23. The second-order valence-electron chi connectivity index (χ2n) is 4.90. The SMILES string of the molecule is Cc1ccc(C)c(S(=O)(=O)CCC2OCCCO2)c1. The first kappa shape index (κ1) is 14.5. The molecule has 19 heavy (non-hydrogen) atoms. The molecule has 1 fully saturated rings. The first-order valence-corrected chi connectivity index (χ1v) is 8.17. The van der Waals surface area contributed by atoms with Crippen LogP contribution in [0.2, 0.25) is 0 Å². The number of rotatable bonds is 4. The molecule has 0 unspecified atom stereocenters. The number of benzene rings is 1. The van der Waals surface area contributed by atoms with Gasteiger partial charge in [0.05, 0.1) is 23.9 Å².